The van der Waals surface area contributed by atoms with Crippen LogP contribution in [0.2, 0.25) is 0 Å². The van der Waals surface area contributed by atoms with Gasteiger partial charge in [-0.3, -0.25) is 9.69 Å². The summed E-state index contributed by atoms with van der Waals surface area (Å²) in [5.74, 6) is -0.322. The minimum absolute atomic E-state index is 0.00999. The molecule has 1 amide bonds. The molecule has 1 saturated heterocycles. The first-order chi connectivity index (χ1) is 13.6. The Balaban J connectivity index is 1.75. The second kappa shape index (κ2) is 8.79. The molecular formula is C22H31FN4OS. The summed E-state index contributed by atoms with van der Waals surface area (Å²) in [6.07, 6.45) is 0. The van der Waals surface area contributed by atoms with E-state index >= 15 is 0 Å². The molecule has 7 heteroatoms. The van der Waals surface area contributed by atoms with Gasteiger partial charge in [-0.2, -0.15) is 0 Å². The summed E-state index contributed by atoms with van der Waals surface area (Å²) in [4.78, 5) is 24.4. The lowest BCUT2D eigenvalue weighted by atomic mass is 9.94. The lowest BCUT2D eigenvalue weighted by Crippen LogP contribution is -2.48. The van der Waals surface area contributed by atoms with Gasteiger partial charge in [0, 0.05) is 48.7 Å². The molecule has 0 bridgehead atoms. The average molecular weight is 419 g/mol. The molecule has 158 valence electrons. The second-order valence-electron chi connectivity index (χ2n) is 8.86. The van der Waals surface area contributed by atoms with Crippen molar-refractivity contribution in [2.45, 2.75) is 47.2 Å². The fraction of sp³-hybridized carbons (Fsp3) is 0.545. The number of nitrogens with zero attached hydrogens (tertiary/aromatic N) is 4. The molecule has 2 heterocycles. The van der Waals surface area contributed by atoms with E-state index in [0.717, 1.165) is 37.0 Å². The number of piperazine rings is 1. The third-order valence-corrected chi connectivity index (χ3v) is 6.15. The van der Waals surface area contributed by atoms with Crippen LogP contribution in [0.25, 0.3) is 0 Å². The van der Waals surface area contributed by atoms with Crippen LogP contribution < -0.4 is 9.80 Å². The van der Waals surface area contributed by atoms with Gasteiger partial charge >= 0.3 is 0 Å². The van der Waals surface area contributed by atoms with Crippen LogP contribution in [0.4, 0.5) is 15.2 Å². The van der Waals surface area contributed by atoms with Gasteiger partial charge in [0.05, 0.1) is 12.2 Å². The summed E-state index contributed by atoms with van der Waals surface area (Å²) in [7, 11) is 0. The van der Waals surface area contributed by atoms with Crippen molar-refractivity contribution in [1.82, 2.24) is 9.88 Å². The molecule has 0 N–H and O–H groups in total. The highest BCUT2D eigenvalue weighted by Gasteiger charge is 2.29. The molecule has 29 heavy (non-hydrogen) atoms. The summed E-state index contributed by atoms with van der Waals surface area (Å²) in [5, 5.41) is 3.03. The van der Waals surface area contributed by atoms with Crippen LogP contribution >= 0.6 is 11.3 Å². The first-order valence-electron chi connectivity index (χ1n) is 10.2. The topological polar surface area (TPSA) is 39.7 Å². The Morgan fingerprint density at radius 3 is 2.34 bits per heavy atom. The number of benzene rings is 1. The number of hydrogen-bond donors (Lipinski definition) is 0. The van der Waals surface area contributed by atoms with E-state index in [-0.39, 0.29) is 11.7 Å². The van der Waals surface area contributed by atoms with Gasteiger partial charge in [-0.05, 0) is 38.1 Å². The van der Waals surface area contributed by atoms with Crippen molar-refractivity contribution in [2.24, 2.45) is 5.41 Å². The van der Waals surface area contributed by atoms with Crippen LogP contribution in [0.15, 0.2) is 29.6 Å². The highest BCUT2D eigenvalue weighted by molar-refractivity contribution is 7.13. The summed E-state index contributed by atoms with van der Waals surface area (Å²) >= 11 is 1.62. The molecule has 1 fully saturated rings. The maximum Gasteiger partial charge on any atom is 0.232 e. The van der Waals surface area contributed by atoms with Crippen molar-refractivity contribution in [3.05, 3.63) is 41.2 Å². The molecule has 3 rings (SSSR count). The number of carbonyl (C=O) groups excluding carboxylic acids is 1. The molecule has 0 atom stereocenters. The first kappa shape index (κ1) is 21.7. The third kappa shape index (κ3) is 5.34. The average Bonchev–Trinajstić information content (AvgIpc) is 3.14. The quantitative estimate of drug-likeness (QED) is 0.722. The molecule has 1 aliphatic heterocycles. The summed E-state index contributed by atoms with van der Waals surface area (Å²) in [5.41, 5.74) is 1.00. The summed E-state index contributed by atoms with van der Waals surface area (Å²) < 4.78 is 13.4. The smallest absolute Gasteiger partial charge is 0.232 e. The Bertz CT molecular complexity index is 820. The third-order valence-electron chi connectivity index (χ3n) is 5.20. The van der Waals surface area contributed by atoms with Gasteiger partial charge in [0.2, 0.25) is 5.91 Å². The minimum Gasteiger partial charge on any atom is -0.346 e. The SMILES string of the molecule is CC(C)N1CCN(c2nc(CN(C(=O)C(C)(C)C)c3ccc(F)cc3)cs2)CC1. The zero-order valence-electron chi connectivity index (χ0n) is 18.0. The van der Waals surface area contributed by atoms with Crippen LogP contribution in [-0.4, -0.2) is 48.0 Å². The van der Waals surface area contributed by atoms with Crippen molar-refractivity contribution in [3.63, 3.8) is 0 Å². The Hall–Kier alpha value is -1.99. The number of anilines is 2. The van der Waals surface area contributed by atoms with Crippen LogP contribution in [0, 0.1) is 11.2 Å². The number of aromatic nitrogens is 1. The standard InChI is InChI=1S/C22H31FN4OS/c1-16(2)25-10-12-26(13-11-25)21-24-18(15-29-21)14-27(20(28)22(3,4)5)19-8-6-17(23)7-9-19/h6-9,15-16H,10-14H2,1-5H3. The van der Waals surface area contributed by atoms with Crippen molar-refractivity contribution >= 4 is 28.1 Å². The van der Waals surface area contributed by atoms with E-state index in [1.54, 1.807) is 28.4 Å². The van der Waals surface area contributed by atoms with Gasteiger partial charge in [-0.25, -0.2) is 9.37 Å². The Morgan fingerprint density at radius 1 is 1.17 bits per heavy atom. The van der Waals surface area contributed by atoms with E-state index in [4.69, 9.17) is 4.98 Å². The largest absolute Gasteiger partial charge is 0.346 e. The first-order valence-corrected chi connectivity index (χ1v) is 11.0. The number of rotatable bonds is 5. The fourth-order valence-corrected chi connectivity index (χ4v) is 4.28. The summed E-state index contributed by atoms with van der Waals surface area (Å²) in [6, 6.07) is 6.64. The van der Waals surface area contributed by atoms with Crippen molar-refractivity contribution in [2.75, 3.05) is 36.0 Å². The number of thiazole rings is 1. The van der Waals surface area contributed by atoms with E-state index in [0.29, 0.717) is 18.3 Å². The van der Waals surface area contributed by atoms with Crippen LogP contribution in [0.3, 0.4) is 0 Å². The molecule has 0 aliphatic carbocycles. The van der Waals surface area contributed by atoms with Gasteiger partial charge < -0.3 is 9.80 Å². The van der Waals surface area contributed by atoms with Gasteiger partial charge in [0.15, 0.2) is 5.13 Å². The molecular weight excluding hydrogens is 387 g/mol. The lowest BCUT2D eigenvalue weighted by Gasteiger charge is -2.36. The van der Waals surface area contributed by atoms with Crippen LogP contribution in [-0.2, 0) is 11.3 Å². The van der Waals surface area contributed by atoms with Gasteiger partial charge in [-0.15, -0.1) is 11.3 Å². The molecule has 5 nitrogen and oxygen atoms in total. The van der Waals surface area contributed by atoms with E-state index in [9.17, 15) is 9.18 Å². The van der Waals surface area contributed by atoms with Gasteiger partial charge in [-0.1, -0.05) is 20.8 Å². The van der Waals surface area contributed by atoms with Gasteiger partial charge in [0.25, 0.3) is 0 Å². The normalized spacial score (nSPS) is 15.8. The van der Waals surface area contributed by atoms with E-state index in [1.807, 2.05) is 26.2 Å². The molecule has 1 aromatic carbocycles. The molecule has 0 unspecified atom stereocenters. The predicted molar refractivity (Wildman–Crippen MR) is 118 cm³/mol. The highest BCUT2D eigenvalue weighted by atomic mass is 32.1. The van der Waals surface area contributed by atoms with Crippen molar-refractivity contribution < 1.29 is 9.18 Å². The number of hydrogen-bond acceptors (Lipinski definition) is 5. The fourth-order valence-electron chi connectivity index (χ4n) is 3.41. The Morgan fingerprint density at radius 2 is 1.79 bits per heavy atom. The maximum atomic E-state index is 13.4. The monoisotopic (exact) mass is 418 g/mol. The number of amides is 1. The Kier molecular flexibility index (Phi) is 6.58. The molecule has 1 aliphatic rings. The maximum absolute atomic E-state index is 13.4. The molecule has 0 saturated carbocycles. The minimum atomic E-state index is -0.541. The van der Waals surface area contributed by atoms with Gasteiger partial charge in [0.1, 0.15) is 5.82 Å². The van der Waals surface area contributed by atoms with Crippen LogP contribution in [0.1, 0.15) is 40.3 Å². The lowest BCUT2D eigenvalue weighted by molar-refractivity contribution is -0.125. The molecule has 0 radical (unpaired) electrons. The van der Waals surface area contributed by atoms with Crippen molar-refractivity contribution in [3.8, 4) is 0 Å². The molecule has 2 aromatic rings. The Labute approximate surface area is 177 Å². The highest BCUT2D eigenvalue weighted by Crippen LogP contribution is 2.28. The number of carbonyl (C=O) groups is 1. The second-order valence-corrected chi connectivity index (χ2v) is 9.69. The van der Waals surface area contributed by atoms with Crippen LogP contribution in [0.5, 0.6) is 0 Å². The zero-order valence-corrected chi connectivity index (χ0v) is 18.8. The van der Waals surface area contributed by atoms with E-state index in [2.05, 4.69) is 23.6 Å². The van der Waals surface area contributed by atoms with E-state index < -0.39 is 5.41 Å². The predicted octanol–water partition coefficient (Wildman–Crippen LogP) is 4.39. The number of halogens is 1. The van der Waals surface area contributed by atoms with Crippen molar-refractivity contribution in [1.29, 1.82) is 0 Å². The molecule has 1 aromatic heterocycles. The zero-order chi connectivity index (χ0) is 21.2. The molecule has 0 spiro atoms. The summed E-state index contributed by atoms with van der Waals surface area (Å²) in [6.45, 7) is 14.5. The van der Waals surface area contributed by atoms with E-state index in [1.165, 1.54) is 12.1 Å².